The van der Waals surface area contributed by atoms with E-state index in [2.05, 4.69) is 38.5 Å². The van der Waals surface area contributed by atoms with Gasteiger partial charge < -0.3 is 4.57 Å². The summed E-state index contributed by atoms with van der Waals surface area (Å²) in [4.78, 5) is 17.3. The molecule has 1 aromatic heterocycles. The third kappa shape index (κ3) is 3.35. The Hall–Kier alpha value is -1.59. The molecule has 0 aliphatic carbocycles. The van der Waals surface area contributed by atoms with Crippen molar-refractivity contribution in [1.29, 1.82) is 0 Å². The standard InChI is InChI=1S/C18H17BrN2OS/c1-3-21-16-7-5-4-6-15(16)20-18(21)23-12(2)17(22)13-8-10-14(19)11-9-13/h4-12H,3H2,1-2H3/t12-/m1/s1. The zero-order valence-corrected chi connectivity index (χ0v) is 15.4. The first-order valence-electron chi connectivity index (χ1n) is 7.52. The molecule has 0 aliphatic heterocycles. The SMILES string of the molecule is CCn1c(S[C@H](C)C(=O)c2ccc(Br)cc2)nc2ccccc21. The molecule has 0 radical (unpaired) electrons. The lowest BCUT2D eigenvalue weighted by Crippen LogP contribution is -2.14. The molecule has 5 heteroatoms. The van der Waals surface area contributed by atoms with E-state index in [1.165, 1.54) is 11.8 Å². The van der Waals surface area contributed by atoms with Gasteiger partial charge in [0, 0.05) is 16.6 Å². The molecule has 0 amide bonds. The number of nitrogens with zero attached hydrogens (tertiary/aromatic N) is 2. The second-order valence-electron chi connectivity index (χ2n) is 5.26. The molecular weight excluding hydrogens is 372 g/mol. The van der Waals surface area contributed by atoms with Crippen LogP contribution in [0.4, 0.5) is 0 Å². The van der Waals surface area contributed by atoms with E-state index < -0.39 is 0 Å². The van der Waals surface area contributed by atoms with Crippen LogP contribution in [0, 0.1) is 0 Å². The van der Waals surface area contributed by atoms with Crippen LogP contribution in [0.5, 0.6) is 0 Å². The van der Waals surface area contributed by atoms with Gasteiger partial charge in [-0.05, 0) is 38.1 Å². The number of halogens is 1. The summed E-state index contributed by atoms with van der Waals surface area (Å²) in [5.74, 6) is 0.122. The van der Waals surface area contributed by atoms with Crippen LogP contribution in [-0.2, 0) is 6.54 Å². The summed E-state index contributed by atoms with van der Waals surface area (Å²) in [6.45, 7) is 4.87. The number of para-hydroxylation sites is 2. The van der Waals surface area contributed by atoms with E-state index in [0.29, 0.717) is 0 Å². The Labute approximate surface area is 148 Å². The van der Waals surface area contributed by atoms with E-state index in [9.17, 15) is 4.79 Å². The number of benzene rings is 2. The molecule has 3 aromatic rings. The third-order valence-electron chi connectivity index (χ3n) is 3.72. The minimum absolute atomic E-state index is 0.122. The number of carbonyl (C=O) groups excluding carboxylic acids is 1. The summed E-state index contributed by atoms with van der Waals surface area (Å²) in [6, 6.07) is 15.6. The number of aromatic nitrogens is 2. The molecule has 118 valence electrons. The van der Waals surface area contributed by atoms with Crippen LogP contribution in [0.1, 0.15) is 24.2 Å². The molecule has 0 spiro atoms. The monoisotopic (exact) mass is 388 g/mol. The van der Waals surface area contributed by atoms with Gasteiger partial charge in [0.25, 0.3) is 0 Å². The molecule has 0 saturated carbocycles. The lowest BCUT2D eigenvalue weighted by atomic mass is 10.1. The summed E-state index contributed by atoms with van der Waals surface area (Å²) in [6.07, 6.45) is 0. The Morgan fingerprint density at radius 3 is 2.61 bits per heavy atom. The number of ketones is 1. The zero-order chi connectivity index (χ0) is 16.4. The summed E-state index contributed by atoms with van der Waals surface area (Å²) >= 11 is 4.91. The van der Waals surface area contributed by atoms with E-state index in [-0.39, 0.29) is 11.0 Å². The normalized spacial score (nSPS) is 12.5. The van der Waals surface area contributed by atoms with Crippen molar-refractivity contribution in [3.8, 4) is 0 Å². The molecule has 3 rings (SSSR count). The largest absolute Gasteiger partial charge is 0.319 e. The number of imidazole rings is 1. The topological polar surface area (TPSA) is 34.9 Å². The van der Waals surface area contributed by atoms with Crippen molar-refractivity contribution in [2.75, 3.05) is 0 Å². The minimum atomic E-state index is -0.182. The van der Waals surface area contributed by atoms with Crippen molar-refractivity contribution in [2.24, 2.45) is 0 Å². The molecule has 1 heterocycles. The first kappa shape index (κ1) is 16.3. The van der Waals surface area contributed by atoms with Gasteiger partial charge >= 0.3 is 0 Å². The van der Waals surface area contributed by atoms with Gasteiger partial charge in [-0.2, -0.15) is 0 Å². The second kappa shape index (κ2) is 6.89. The predicted molar refractivity (Wildman–Crippen MR) is 99.2 cm³/mol. The molecule has 0 bridgehead atoms. The smallest absolute Gasteiger partial charge is 0.175 e. The van der Waals surface area contributed by atoms with Gasteiger partial charge in [-0.25, -0.2) is 4.98 Å². The highest BCUT2D eigenvalue weighted by Crippen LogP contribution is 2.29. The van der Waals surface area contributed by atoms with Crippen molar-refractivity contribution in [3.63, 3.8) is 0 Å². The van der Waals surface area contributed by atoms with Crippen molar-refractivity contribution in [1.82, 2.24) is 9.55 Å². The molecule has 2 aromatic carbocycles. The highest BCUT2D eigenvalue weighted by molar-refractivity contribution is 9.10. The van der Waals surface area contributed by atoms with E-state index >= 15 is 0 Å². The number of fused-ring (bicyclic) bond motifs is 1. The fourth-order valence-corrected chi connectivity index (χ4v) is 3.84. The van der Waals surface area contributed by atoms with E-state index in [0.717, 1.165) is 32.8 Å². The van der Waals surface area contributed by atoms with Gasteiger partial charge in [0.05, 0.1) is 16.3 Å². The number of hydrogen-bond donors (Lipinski definition) is 0. The average molecular weight is 389 g/mol. The van der Waals surface area contributed by atoms with Crippen LogP contribution in [0.3, 0.4) is 0 Å². The van der Waals surface area contributed by atoms with Crippen LogP contribution in [0.15, 0.2) is 58.2 Å². The fraction of sp³-hybridized carbons (Fsp3) is 0.222. The van der Waals surface area contributed by atoms with E-state index in [1.807, 2.05) is 49.4 Å². The molecule has 1 atom stereocenters. The summed E-state index contributed by atoms with van der Waals surface area (Å²) in [5, 5.41) is 0.713. The maximum absolute atomic E-state index is 12.6. The van der Waals surface area contributed by atoms with Gasteiger partial charge in [-0.15, -0.1) is 0 Å². The number of aryl methyl sites for hydroxylation is 1. The number of Topliss-reactive ketones (excluding diaryl/α,β-unsaturated/α-hetero) is 1. The van der Waals surface area contributed by atoms with Gasteiger partial charge in [0.2, 0.25) is 0 Å². The quantitative estimate of drug-likeness (QED) is 0.445. The Morgan fingerprint density at radius 2 is 1.91 bits per heavy atom. The average Bonchev–Trinajstić information content (AvgIpc) is 2.91. The van der Waals surface area contributed by atoms with Gasteiger partial charge in [-0.3, -0.25) is 4.79 Å². The predicted octanol–water partition coefficient (Wildman–Crippen LogP) is 5.18. The molecule has 0 N–H and O–H groups in total. The lowest BCUT2D eigenvalue weighted by molar-refractivity contribution is 0.0994. The molecule has 23 heavy (non-hydrogen) atoms. The minimum Gasteiger partial charge on any atom is -0.319 e. The summed E-state index contributed by atoms with van der Waals surface area (Å²) in [5.41, 5.74) is 2.81. The summed E-state index contributed by atoms with van der Waals surface area (Å²) in [7, 11) is 0. The Balaban J connectivity index is 1.86. The zero-order valence-electron chi connectivity index (χ0n) is 13.0. The number of thioether (sulfide) groups is 1. The lowest BCUT2D eigenvalue weighted by Gasteiger charge is -2.11. The Bertz CT molecular complexity index is 842. The Morgan fingerprint density at radius 1 is 1.22 bits per heavy atom. The number of rotatable bonds is 5. The molecule has 0 saturated heterocycles. The molecule has 0 unspecified atom stereocenters. The molecule has 0 aliphatic rings. The van der Waals surface area contributed by atoms with Crippen LogP contribution in [0.25, 0.3) is 11.0 Å². The maximum Gasteiger partial charge on any atom is 0.175 e. The van der Waals surface area contributed by atoms with Crippen molar-refractivity contribution >= 4 is 44.5 Å². The second-order valence-corrected chi connectivity index (χ2v) is 7.48. The third-order valence-corrected chi connectivity index (χ3v) is 5.33. The first-order valence-corrected chi connectivity index (χ1v) is 9.19. The van der Waals surface area contributed by atoms with Crippen molar-refractivity contribution in [2.45, 2.75) is 30.8 Å². The van der Waals surface area contributed by atoms with Crippen molar-refractivity contribution in [3.05, 3.63) is 58.6 Å². The maximum atomic E-state index is 12.6. The fourth-order valence-electron chi connectivity index (χ4n) is 2.51. The first-order chi connectivity index (χ1) is 11.1. The van der Waals surface area contributed by atoms with Crippen LogP contribution < -0.4 is 0 Å². The highest BCUT2D eigenvalue weighted by Gasteiger charge is 2.20. The van der Waals surface area contributed by atoms with Gasteiger partial charge in [0.1, 0.15) is 0 Å². The van der Waals surface area contributed by atoms with Crippen LogP contribution >= 0.6 is 27.7 Å². The van der Waals surface area contributed by atoms with E-state index in [1.54, 1.807) is 0 Å². The van der Waals surface area contributed by atoms with Gasteiger partial charge in [-0.1, -0.05) is 52.0 Å². The number of carbonyl (C=O) groups is 1. The molecule has 3 nitrogen and oxygen atoms in total. The molecule has 0 fully saturated rings. The van der Waals surface area contributed by atoms with Gasteiger partial charge in [0.15, 0.2) is 10.9 Å². The highest BCUT2D eigenvalue weighted by atomic mass is 79.9. The summed E-state index contributed by atoms with van der Waals surface area (Å²) < 4.78 is 3.13. The van der Waals surface area contributed by atoms with Crippen LogP contribution in [0.2, 0.25) is 0 Å². The van der Waals surface area contributed by atoms with E-state index in [4.69, 9.17) is 0 Å². The molecular formula is C18H17BrN2OS. The van der Waals surface area contributed by atoms with Crippen LogP contribution in [-0.4, -0.2) is 20.6 Å². The van der Waals surface area contributed by atoms with Crippen molar-refractivity contribution < 1.29 is 4.79 Å². The Kier molecular flexibility index (Phi) is 4.87. The number of hydrogen-bond acceptors (Lipinski definition) is 3.